The van der Waals surface area contributed by atoms with E-state index >= 15 is 0 Å². The lowest BCUT2D eigenvalue weighted by atomic mass is 9.33. The number of rotatable bonds is 4. The van der Waals surface area contributed by atoms with Crippen LogP contribution in [-0.4, -0.2) is 0 Å². The molecule has 5 aliphatic carbocycles. The molecule has 0 saturated heterocycles. The van der Waals surface area contributed by atoms with Crippen molar-refractivity contribution in [2.45, 2.75) is 81.1 Å². The van der Waals surface area contributed by atoms with Crippen LogP contribution in [0.15, 0.2) is 48.6 Å². The Morgan fingerprint density at radius 3 is 0.722 bits per heavy atom. The van der Waals surface area contributed by atoms with Gasteiger partial charge in [0.2, 0.25) is 0 Å². The van der Waals surface area contributed by atoms with Gasteiger partial charge in [-0.1, -0.05) is 76.3 Å². The highest BCUT2D eigenvalue weighted by Gasteiger charge is 2.67. The Hall–Kier alpha value is -1.04. The van der Waals surface area contributed by atoms with Crippen LogP contribution in [0.2, 0.25) is 0 Å². The van der Waals surface area contributed by atoms with Gasteiger partial charge in [0.05, 0.1) is 0 Å². The molecule has 0 heteroatoms. The Morgan fingerprint density at radius 2 is 0.556 bits per heavy atom. The lowest BCUT2D eigenvalue weighted by Gasteiger charge is -2.71. The molecule has 200 valence electrons. The average Bonchev–Trinajstić information content (AvgIpc) is 2.79. The molecule has 0 nitrogen and oxygen atoms in total. The molecule has 12 unspecified atom stereocenters. The Morgan fingerprint density at radius 1 is 0.361 bits per heavy atom. The first-order valence-electron chi connectivity index (χ1n) is 15.5. The Balaban J connectivity index is 1.70. The summed E-state index contributed by atoms with van der Waals surface area (Å²) in [6.45, 7) is 38.3. The van der Waals surface area contributed by atoms with Gasteiger partial charge in [0.1, 0.15) is 0 Å². The standard InChI is InChI=1S/C36H56/c1-17(2)25-13-21(9)29-31-23(11)15-27(19(5)6)34-28(20(7)8)16-24(12)32(36(31)34)30-22(10)14-26(18(3)4)33(25)35(29)30/h21-36H,1,3,5,7,13-16H2,2,4,6,8-12H3. The fraction of sp³-hybridized carbons (Fsp3) is 0.778. The molecular weight excluding hydrogens is 432 g/mol. The third kappa shape index (κ3) is 3.73. The van der Waals surface area contributed by atoms with Crippen LogP contribution < -0.4 is 0 Å². The predicted octanol–water partition coefficient (Wildman–Crippen LogP) is 9.86. The van der Waals surface area contributed by atoms with E-state index in [2.05, 4.69) is 81.7 Å². The molecule has 5 rings (SSSR count). The van der Waals surface area contributed by atoms with E-state index in [1.165, 1.54) is 48.0 Å². The quantitative estimate of drug-likeness (QED) is 0.345. The molecule has 36 heavy (non-hydrogen) atoms. The maximum Gasteiger partial charge on any atom is -0.0169 e. The molecule has 0 spiro atoms. The van der Waals surface area contributed by atoms with Crippen LogP contribution in [0.25, 0.3) is 0 Å². The number of allylic oxidation sites excluding steroid dienone is 4. The summed E-state index contributed by atoms with van der Waals surface area (Å²) in [4.78, 5) is 0. The van der Waals surface area contributed by atoms with Crippen molar-refractivity contribution in [3.63, 3.8) is 0 Å². The van der Waals surface area contributed by atoms with Gasteiger partial charge in [0.25, 0.3) is 0 Å². The van der Waals surface area contributed by atoms with Gasteiger partial charge in [-0.15, -0.1) is 0 Å². The van der Waals surface area contributed by atoms with Gasteiger partial charge in [0, 0.05) is 0 Å². The molecular formula is C36H56. The molecule has 0 N–H and O–H groups in total. The van der Waals surface area contributed by atoms with E-state index in [9.17, 15) is 0 Å². The topological polar surface area (TPSA) is 0 Å². The van der Waals surface area contributed by atoms with E-state index in [-0.39, 0.29) is 0 Å². The van der Waals surface area contributed by atoms with Gasteiger partial charge in [-0.3, -0.25) is 0 Å². The van der Waals surface area contributed by atoms with Crippen LogP contribution in [0.1, 0.15) is 81.1 Å². The monoisotopic (exact) mass is 488 g/mol. The van der Waals surface area contributed by atoms with Crippen LogP contribution in [0, 0.1) is 94.7 Å². The van der Waals surface area contributed by atoms with Crippen molar-refractivity contribution >= 4 is 0 Å². The van der Waals surface area contributed by atoms with E-state index in [1.807, 2.05) is 0 Å². The summed E-state index contributed by atoms with van der Waals surface area (Å²) in [6.07, 6.45) is 5.39. The summed E-state index contributed by atoms with van der Waals surface area (Å²) in [6, 6.07) is 0. The summed E-state index contributed by atoms with van der Waals surface area (Å²) in [5.74, 6) is 12.5. The normalized spacial score (nSPS) is 53.6. The Bertz CT molecular complexity index is 786. The zero-order valence-corrected chi connectivity index (χ0v) is 24.9. The van der Waals surface area contributed by atoms with Gasteiger partial charge in [-0.25, -0.2) is 0 Å². The first-order chi connectivity index (χ1) is 16.9. The van der Waals surface area contributed by atoms with Crippen molar-refractivity contribution in [3.8, 4) is 0 Å². The van der Waals surface area contributed by atoms with Gasteiger partial charge in [-0.2, -0.15) is 0 Å². The Labute approximate surface area is 224 Å². The lowest BCUT2D eigenvalue weighted by molar-refractivity contribution is -0.223. The molecule has 0 aromatic heterocycles. The number of fused-ring (bicyclic) bond motifs is 2. The summed E-state index contributed by atoms with van der Waals surface area (Å²) >= 11 is 0. The second kappa shape index (κ2) is 9.31. The largest absolute Gasteiger partial charge is 0.0998 e. The van der Waals surface area contributed by atoms with Crippen molar-refractivity contribution < 1.29 is 0 Å². The summed E-state index contributed by atoms with van der Waals surface area (Å²) in [7, 11) is 0. The van der Waals surface area contributed by atoms with E-state index in [0.717, 1.165) is 71.0 Å². The fourth-order valence-corrected chi connectivity index (χ4v) is 12.2. The number of hydrogen-bond donors (Lipinski definition) is 0. The molecule has 5 aliphatic rings. The van der Waals surface area contributed by atoms with Crippen molar-refractivity contribution in [1.82, 2.24) is 0 Å². The first-order valence-corrected chi connectivity index (χ1v) is 15.5. The first kappa shape index (κ1) is 26.6. The van der Waals surface area contributed by atoms with Crippen molar-refractivity contribution in [2.75, 3.05) is 0 Å². The third-order valence-electron chi connectivity index (χ3n) is 13.1. The second-order valence-electron chi connectivity index (χ2n) is 15.3. The lowest BCUT2D eigenvalue weighted by Crippen LogP contribution is -2.66. The predicted molar refractivity (Wildman–Crippen MR) is 156 cm³/mol. The highest BCUT2D eigenvalue weighted by molar-refractivity contribution is 5.23. The highest BCUT2D eigenvalue weighted by Crippen LogP contribution is 2.72. The van der Waals surface area contributed by atoms with Gasteiger partial charge in [-0.05, 0) is 148 Å². The highest BCUT2D eigenvalue weighted by atomic mass is 14.7. The minimum atomic E-state index is 0.675. The van der Waals surface area contributed by atoms with Gasteiger partial charge >= 0.3 is 0 Å². The average molecular weight is 489 g/mol. The zero-order chi connectivity index (χ0) is 26.4. The van der Waals surface area contributed by atoms with Crippen molar-refractivity contribution in [3.05, 3.63) is 48.6 Å². The Kier molecular flexibility index (Phi) is 6.87. The summed E-state index contributed by atoms with van der Waals surface area (Å²) < 4.78 is 0. The molecule has 0 aromatic carbocycles. The summed E-state index contributed by atoms with van der Waals surface area (Å²) in [5, 5.41) is 0. The maximum absolute atomic E-state index is 4.59. The number of hydrogen-bond acceptors (Lipinski definition) is 0. The molecule has 12 atom stereocenters. The van der Waals surface area contributed by atoms with Crippen molar-refractivity contribution in [2.24, 2.45) is 94.7 Å². The smallest absolute Gasteiger partial charge is 0.0169 e. The molecule has 0 radical (unpaired) electrons. The van der Waals surface area contributed by atoms with Gasteiger partial charge < -0.3 is 0 Å². The van der Waals surface area contributed by atoms with Gasteiger partial charge in [0.15, 0.2) is 0 Å². The fourth-order valence-electron chi connectivity index (χ4n) is 12.2. The minimum Gasteiger partial charge on any atom is -0.0998 e. The van der Waals surface area contributed by atoms with Crippen LogP contribution in [0.3, 0.4) is 0 Å². The minimum absolute atomic E-state index is 0.675. The molecule has 0 aromatic rings. The second-order valence-corrected chi connectivity index (χ2v) is 15.3. The zero-order valence-electron chi connectivity index (χ0n) is 24.9. The van der Waals surface area contributed by atoms with E-state index in [0.29, 0.717) is 23.7 Å². The van der Waals surface area contributed by atoms with Crippen molar-refractivity contribution in [1.29, 1.82) is 0 Å². The molecule has 5 saturated carbocycles. The maximum atomic E-state index is 4.59. The molecule has 0 amide bonds. The molecule has 0 aliphatic heterocycles. The van der Waals surface area contributed by atoms with Crippen LogP contribution >= 0.6 is 0 Å². The van der Waals surface area contributed by atoms with E-state index < -0.39 is 0 Å². The van der Waals surface area contributed by atoms with E-state index in [4.69, 9.17) is 0 Å². The van der Waals surface area contributed by atoms with Crippen LogP contribution in [0.5, 0.6) is 0 Å². The molecule has 0 heterocycles. The van der Waals surface area contributed by atoms with Crippen LogP contribution in [0.4, 0.5) is 0 Å². The SMILES string of the molecule is C=C(C)C1CC(C)C2C3C(C)CC(C(=C)C)C4C(C(=C)C)CC(C)C(C5C(C)CC(C(=C)C)C1C25)C43. The van der Waals surface area contributed by atoms with Crippen LogP contribution in [-0.2, 0) is 0 Å². The molecule has 5 fully saturated rings. The van der Waals surface area contributed by atoms with E-state index in [1.54, 1.807) is 0 Å². The summed E-state index contributed by atoms with van der Waals surface area (Å²) in [5.41, 5.74) is 5.79. The molecule has 0 bridgehead atoms. The third-order valence-corrected chi connectivity index (χ3v) is 13.1.